The molecule has 5 heteroatoms. The van der Waals surface area contributed by atoms with Crippen LogP contribution in [0.15, 0.2) is 48.5 Å². The number of unbranched alkanes of at least 4 members (excludes halogenated alkanes) is 1. The van der Waals surface area contributed by atoms with Gasteiger partial charge >= 0.3 is 5.97 Å². The van der Waals surface area contributed by atoms with Crippen LogP contribution in [0.25, 0.3) is 0 Å². The molecule has 0 unspecified atom stereocenters. The van der Waals surface area contributed by atoms with E-state index in [4.69, 9.17) is 28.3 Å². The molecule has 0 aliphatic rings. The zero-order chi connectivity index (χ0) is 17.5. The molecule has 0 saturated carbocycles. The van der Waals surface area contributed by atoms with E-state index in [2.05, 4.69) is 11.9 Å². The molecule has 1 N–H and O–H groups in total. The van der Waals surface area contributed by atoms with Gasteiger partial charge in [-0.3, -0.25) is 9.69 Å². The van der Waals surface area contributed by atoms with Crippen LogP contribution in [0.3, 0.4) is 0 Å². The molecule has 0 spiro atoms. The zero-order valence-electron chi connectivity index (χ0n) is 13.6. The predicted octanol–water partition coefficient (Wildman–Crippen LogP) is 5.27. The first kappa shape index (κ1) is 18.8. The third-order valence-electron chi connectivity index (χ3n) is 3.96. The number of hydrogen-bond donors (Lipinski definition) is 1. The summed E-state index contributed by atoms with van der Waals surface area (Å²) < 4.78 is 0. The van der Waals surface area contributed by atoms with Crippen molar-refractivity contribution in [2.24, 2.45) is 0 Å². The van der Waals surface area contributed by atoms with Crippen molar-refractivity contribution in [1.82, 2.24) is 4.90 Å². The van der Waals surface area contributed by atoms with Gasteiger partial charge in [0.15, 0.2) is 0 Å². The van der Waals surface area contributed by atoms with Crippen molar-refractivity contribution >= 4 is 29.2 Å². The summed E-state index contributed by atoms with van der Waals surface area (Å²) in [5.74, 6) is -0.746. The molecular weight excluding hydrogens is 345 g/mol. The molecule has 3 nitrogen and oxygen atoms in total. The molecule has 0 fully saturated rings. The lowest BCUT2D eigenvalue weighted by atomic mass is 9.97. The van der Waals surface area contributed by atoms with Crippen LogP contribution in [0, 0.1) is 0 Å². The summed E-state index contributed by atoms with van der Waals surface area (Å²) in [6.07, 6.45) is 1.72. The van der Waals surface area contributed by atoms with Gasteiger partial charge in [0.25, 0.3) is 0 Å². The summed E-state index contributed by atoms with van der Waals surface area (Å²) in [7, 11) is 2.05. The Balaban J connectivity index is 2.17. The maximum absolute atomic E-state index is 10.6. The van der Waals surface area contributed by atoms with E-state index in [-0.39, 0.29) is 12.5 Å². The Morgan fingerprint density at radius 2 is 1.42 bits per heavy atom. The molecule has 0 aromatic heterocycles. The first-order valence-electron chi connectivity index (χ1n) is 7.90. The third kappa shape index (κ3) is 5.52. The molecule has 128 valence electrons. The molecule has 24 heavy (non-hydrogen) atoms. The van der Waals surface area contributed by atoms with Crippen LogP contribution in [0.1, 0.15) is 36.4 Å². The topological polar surface area (TPSA) is 40.5 Å². The largest absolute Gasteiger partial charge is 0.481 e. The van der Waals surface area contributed by atoms with E-state index in [0.29, 0.717) is 16.5 Å². The van der Waals surface area contributed by atoms with Gasteiger partial charge < -0.3 is 5.11 Å². The maximum atomic E-state index is 10.6. The Bertz CT molecular complexity index is 611. The maximum Gasteiger partial charge on any atom is 0.303 e. The van der Waals surface area contributed by atoms with Crippen LogP contribution in [0.4, 0.5) is 0 Å². The van der Waals surface area contributed by atoms with E-state index in [9.17, 15) is 4.79 Å². The van der Waals surface area contributed by atoms with Gasteiger partial charge in [-0.2, -0.15) is 0 Å². The van der Waals surface area contributed by atoms with Crippen LogP contribution >= 0.6 is 23.2 Å². The molecule has 2 aromatic carbocycles. The van der Waals surface area contributed by atoms with Crippen molar-refractivity contribution in [2.75, 3.05) is 13.6 Å². The lowest BCUT2D eigenvalue weighted by molar-refractivity contribution is -0.137. The van der Waals surface area contributed by atoms with E-state index >= 15 is 0 Å². The molecule has 0 amide bonds. The molecule has 0 aliphatic heterocycles. The summed E-state index contributed by atoms with van der Waals surface area (Å²) >= 11 is 12.0. The van der Waals surface area contributed by atoms with Crippen molar-refractivity contribution in [3.05, 3.63) is 69.7 Å². The average molecular weight is 366 g/mol. The van der Waals surface area contributed by atoms with E-state index in [1.165, 1.54) is 0 Å². The fraction of sp³-hybridized carbons (Fsp3) is 0.316. The van der Waals surface area contributed by atoms with Gasteiger partial charge in [-0.15, -0.1) is 0 Å². The highest BCUT2D eigenvalue weighted by Crippen LogP contribution is 2.29. The fourth-order valence-electron chi connectivity index (χ4n) is 2.76. The van der Waals surface area contributed by atoms with Crippen LogP contribution < -0.4 is 0 Å². The number of carbonyl (C=O) groups is 1. The summed E-state index contributed by atoms with van der Waals surface area (Å²) in [6, 6.07) is 15.7. The van der Waals surface area contributed by atoms with Crippen LogP contribution in [-0.4, -0.2) is 29.6 Å². The van der Waals surface area contributed by atoms with Crippen molar-refractivity contribution in [3.8, 4) is 0 Å². The van der Waals surface area contributed by atoms with Gasteiger partial charge in [-0.25, -0.2) is 0 Å². The first-order valence-corrected chi connectivity index (χ1v) is 8.66. The number of halogens is 2. The van der Waals surface area contributed by atoms with Gasteiger partial charge in [-0.05, 0) is 61.8 Å². The molecule has 0 aliphatic carbocycles. The second-order valence-corrected chi connectivity index (χ2v) is 6.71. The third-order valence-corrected chi connectivity index (χ3v) is 4.47. The number of hydrogen-bond acceptors (Lipinski definition) is 2. The van der Waals surface area contributed by atoms with Gasteiger partial charge in [0.1, 0.15) is 0 Å². The smallest absolute Gasteiger partial charge is 0.303 e. The normalized spacial score (nSPS) is 11.2. The van der Waals surface area contributed by atoms with E-state index in [1.807, 2.05) is 48.5 Å². The van der Waals surface area contributed by atoms with Crippen molar-refractivity contribution < 1.29 is 9.90 Å². The summed E-state index contributed by atoms with van der Waals surface area (Å²) in [6.45, 7) is 0.809. The van der Waals surface area contributed by atoms with Crippen LogP contribution in [0.2, 0.25) is 10.0 Å². The van der Waals surface area contributed by atoms with Crippen molar-refractivity contribution in [3.63, 3.8) is 0 Å². The highest BCUT2D eigenvalue weighted by Gasteiger charge is 2.19. The molecule has 2 aromatic rings. The van der Waals surface area contributed by atoms with Gasteiger partial charge in [0.05, 0.1) is 6.04 Å². The first-order chi connectivity index (χ1) is 11.5. The highest BCUT2D eigenvalue weighted by atomic mass is 35.5. The number of rotatable bonds is 8. The second-order valence-electron chi connectivity index (χ2n) is 5.84. The van der Waals surface area contributed by atoms with Gasteiger partial charge in [0, 0.05) is 16.5 Å². The quantitative estimate of drug-likeness (QED) is 0.647. The Labute approximate surface area is 152 Å². The van der Waals surface area contributed by atoms with Gasteiger partial charge in [-0.1, -0.05) is 47.5 Å². The second kappa shape index (κ2) is 9.07. The lowest BCUT2D eigenvalue weighted by Crippen LogP contribution is -2.26. The zero-order valence-corrected chi connectivity index (χ0v) is 15.1. The van der Waals surface area contributed by atoms with Gasteiger partial charge in [0.2, 0.25) is 0 Å². The minimum absolute atomic E-state index is 0.0735. The SMILES string of the molecule is CN(CCCCC(=O)O)C(c1ccc(Cl)cc1)c1ccc(Cl)cc1. The number of carboxylic acids is 1. The monoisotopic (exact) mass is 365 g/mol. The van der Waals surface area contributed by atoms with Crippen molar-refractivity contribution in [2.45, 2.75) is 25.3 Å². The van der Waals surface area contributed by atoms with Crippen LogP contribution in [-0.2, 0) is 4.79 Å². The molecule has 0 radical (unpaired) electrons. The Morgan fingerprint density at radius 1 is 0.958 bits per heavy atom. The highest BCUT2D eigenvalue weighted by molar-refractivity contribution is 6.30. The molecule has 0 saturated heterocycles. The van der Waals surface area contributed by atoms with Crippen molar-refractivity contribution in [1.29, 1.82) is 0 Å². The number of nitrogens with zero attached hydrogens (tertiary/aromatic N) is 1. The summed E-state index contributed by atoms with van der Waals surface area (Å²) in [5.41, 5.74) is 2.28. The minimum atomic E-state index is -0.746. The van der Waals surface area contributed by atoms with Crippen LogP contribution in [0.5, 0.6) is 0 Å². The summed E-state index contributed by atoms with van der Waals surface area (Å²) in [5, 5.41) is 10.2. The van der Waals surface area contributed by atoms with E-state index in [1.54, 1.807) is 0 Å². The minimum Gasteiger partial charge on any atom is -0.481 e. The lowest BCUT2D eigenvalue weighted by Gasteiger charge is -2.29. The molecule has 0 atom stereocenters. The number of aliphatic carboxylic acids is 1. The number of benzene rings is 2. The molecular formula is C19H21Cl2NO2. The standard InChI is InChI=1S/C19H21Cl2NO2/c1-22(13-3-2-4-18(23)24)19(14-5-9-16(20)10-6-14)15-7-11-17(21)12-8-15/h5-12,19H,2-4,13H2,1H3,(H,23,24). The van der Waals surface area contributed by atoms with E-state index < -0.39 is 5.97 Å². The fourth-order valence-corrected chi connectivity index (χ4v) is 3.01. The summed E-state index contributed by atoms with van der Waals surface area (Å²) in [4.78, 5) is 12.9. The Kier molecular flexibility index (Phi) is 7.10. The molecule has 0 bridgehead atoms. The van der Waals surface area contributed by atoms with E-state index in [0.717, 1.165) is 24.1 Å². The predicted molar refractivity (Wildman–Crippen MR) is 98.9 cm³/mol. The molecule has 0 heterocycles. The molecule has 2 rings (SSSR count). The average Bonchev–Trinajstić information content (AvgIpc) is 2.55. The Hall–Kier alpha value is -1.55. The number of carboxylic acid groups (broad SMARTS) is 1. The Morgan fingerprint density at radius 3 is 1.83 bits per heavy atom.